The lowest BCUT2D eigenvalue weighted by atomic mass is 10.2. The van der Waals surface area contributed by atoms with Crippen LogP contribution >= 0.6 is 0 Å². The van der Waals surface area contributed by atoms with E-state index in [0.717, 1.165) is 5.56 Å². The highest BCUT2D eigenvalue weighted by Gasteiger charge is 2.06. The second-order valence-corrected chi connectivity index (χ2v) is 6.49. The van der Waals surface area contributed by atoms with Gasteiger partial charge in [0.2, 0.25) is 0 Å². The van der Waals surface area contributed by atoms with Gasteiger partial charge in [0.15, 0.2) is 0 Å². The molecule has 2 aromatic rings. The van der Waals surface area contributed by atoms with Crippen LogP contribution < -0.4 is 0 Å². The van der Waals surface area contributed by atoms with Gasteiger partial charge >= 0.3 is 10.2 Å². The molecule has 2 rings (SSSR count). The quantitative estimate of drug-likeness (QED) is 0.690. The molecule has 0 spiro atoms. The van der Waals surface area contributed by atoms with Gasteiger partial charge in [0.1, 0.15) is 16.5 Å². The molecule has 0 aliphatic heterocycles. The Kier molecular flexibility index (Phi) is 7.04. The van der Waals surface area contributed by atoms with Crippen LogP contribution in [0.3, 0.4) is 0 Å². The topological polar surface area (TPSA) is 68.3 Å². The average Bonchev–Trinajstić information content (AvgIpc) is 2.39. The van der Waals surface area contributed by atoms with Crippen molar-refractivity contribution < 1.29 is 20.7 Å². The number of halogens is 1. The molecule has 0 fully saturated rings. The SMILES string of the molecule is O=S(=O)(F)Cc1ccccc1.O=[SH](=O)Cc1ccccc1. The van der Waals surface area contributed by atoms with Crippen molar-refractivity contribution in [2.45, 2.75) is 11.5 Å². The summed E-state index contributed by atoms with van der Waals surface area (Å²) in [5.74, 6) is -0.385. The minimum absolute atomic E-state index is 0.149. The van der Waals surface area contributed by atoms with Gasteiger partial charge in [-0.1, -0.05) is 60.7 Å². The van der Waals surface area contributed by atoms with Crippen LogP contribution in [0.25, 0.3) is 0 Å². The molecule has 0 heterocycles. The molecular formula is C14H15FO4S2. The second kappa shape index (κ2) is 8.53. The molecule has 21 heavy (non-hydrogen) atoms. The number of thiol groups is 1. The molecule has 0 aromatic heterocycles. The first-order valence-electron chi connectivity index (χ1n) is 5.99. The Hall–Kier alpha value is -1.73. The van der Waals surface area contributed by atoms with E-state index in [2.05, 4.69) is 0 Å². The Bertz CT molecular complexity index is 703. The molecule has 0 unspecified atom stereocenters. The van der Waals surface area contributed by atoms with Crippen LogP contribution in [0, 0.1) is 0 Å². The first kappa shape index (κ1) is 17.3. The molecule has 4 nitrogen and oxygen atoms in total. The zero-order valence-corrected chi connectivity index (χ0v) is 12.8. The summed E-state index contributed by atoms with van der Waals surface area (Å²) in [5.41, 5.74) is 1.31. The second-order valence-electron chi connectivity index (χ2n) is 4.15. The monoisotopic (exact) mass is 330 g/mol. The van der Waals surface area contributed by atoms with Crippen LogP contribution in [-0.4, -0.2) is 16.8 Å². The molecular weight excluding hydrogens is 315 g/mol. The molecule has 0 amide bonds. The first-order valence-corrected chi connectivity index (χ1v) is 8.90. The third kappa shape index (κ3) is 8.93. The van der Waals surface area contributed by atoms with Crippen molar-refractivity contribution in [1.29, 1.82) is 0 Å². The van der Waals surface area contributed by atoms with E-state index in [1.54, 1.807) is 42.5 Å². The van der Waals surface area contributed by atoms with E-state index in [0.29, 0.717) is 5.56 Å². The van der Waals surface area contributed by atoms with E-state index in [1.165, 1.54) is 0 Å². The molecule has 0 N–H and O–H groups in total. The molecule has 0 radical (unpaired) electrons. The number of rotatable bonds is 4. The van der Waals surface area contributed by atoms with Crippen LogP contribution in [0.4, 0.5) is 3.89 Å². The normalized spacial score (nSPS) is 10.8. The van der Waals surface area contributed by atoms with Gasteiger partial charge in [0.05, 0.1) is 5.75 Å². The zero-order chi connectivity index (χ0) is 15.7. The molecule has 0 saturated heterocycles. The van der Waals surface area contributed by atoms with Gasteiger partial charge in [-0.05, 0) is 11.1 Å². The maximum absolute atomic E-state index is 12.0. The van der Waals surface area contributed by atoms with Crippen molar-refractivity contribution >= 4 is 20.9 Å². The Morgan fingerprint density at radius 2 is 1.24 bits per heavy atom. The predicted molar refractivity (Wildman–Crippen MR) is 80.6 cm³/mol. The summed E-state index contributed by atoms with van der Waals surface area (Å²) >= 11 is 0. The van der Waals surface area contributed by atoms with Gasteiger partial charge in [-0.25, -0.2) is 8.42 Å². The minimum Gasteiger partial charge on any atom is -0.232 e. The third-order valence-corrected chi connectivity index (χ3v) is 3.64. The Morgan fingerprint density at radius 1 is 0.810 bits per heavy atom. The molecule has 0 atom stereocenters. The van der Waals surface area contributed by atoms with Crippen molar-refractivity contribution in [3.05, 3.63) is 71.8 Å². The van der Waals surface area contributed by atoms with Crippen LogP contribution in [0.2, 0.25) is 0 Å². The smallest absolute Gasteiger partial charge is 0.232 e. The maximum Gasteiger partial charge on any atom is 0.306 e. The average molecular weight is 330 g/mol. The van der Waals surface area contributed by atoms with Crippen LogP contribution in [0.1, 0.15) is 11.1 Å². The van der Waals surface area contributed by atoms with E-state index in [4.69, 9.17) is 0 Å². The summed E-state index contributed by atoms with van der Waals surface area (Å²) in [6.07, 6.45) is 0. The highest BCUT2D eigenvalue weighted by atomic mass is 32.3. The lowest BCUT2D eigenvalue weighted by Crippen LogP contribution is -1.94. The number of hydrogen-bond donors (Lipinski definition) is 1. The Labute approximate surface area is 125 Å². The first-order chi connectivity index (χ1) is 9.87. The van der Waals surface area contributed by atoms with Gasteiger partial charge in [-0.2, -0.15) is 8.42 Å². The minimum atomic E-state index is -4.38. The fourth-order valence-electron chi connectivity index (χ4n) is 1.51. The summed E-state index contributed by atoms with van der Waals surface area (Å²) in [7, 11) is -6.65. The molecule has 0 saturated carbocycles. The van der Waals surface area contributed by atoms with Crippen molar-refractivity contribution in [2.75, 3.05) is 0 Å². The van der Waals surface area contributed by atoms with Gasteiger partial charge in [-0.3, -0.25) is 0 Å². The van der Waals surface area contributed by atoms with Crippen molar-refractivity contribution in [1.82, 2.24) is 0 Å². The number of benzene rings is 2. The third-order valence-electron chi connectivity index (χ3n) is 2.34. The van der Waals surface area contributed by atoms with Gasteiger partial charge in [0.25, 0.3) is 0 Å². The Morgan fingerprint density at radius 3 is 1.62 bits per heavy atom. The van der Waals surface area contributed by atoms with Crippen molar-refractivity contribution in [3.8, 4) is 0 Å². The Balaban J connectivity index is 0.000000211. The van der Waals surface area contributed by atoms with E-state index >= 15 is 0 Å². The molecule has 0 bridgehead atoms. The zero-order valence-electron chi connectivity index (χ0n) is 11.1. The lowest BCUT2D eigenvalue weighted by Gasteiger charge is -1.93. The largest absolute Gasteiger partial charge is 0.306 e. The molecule has 114 valence electrons. The predicted octanol–water partition coefficient (Wildman–Crippen LogP) is 2.28. The fourth-order valence-corrected chi connectivity index (χ4v) is 2.61. The molecule has 0 aliphatic carbocycles. The maximum atomic E-state index is 12.0. The summed E-state index contributed by atoms with van der Waals surface area (Å²) < 4.78 is 52.7. The van der Waals surface area contributed by atoms with Crippen LogP contribution in [0.15, 0.2) is 60.7 Å². The van der Waals surface area contributed by atoms with Crippen molar-refractivity contribution in [3.63, 3.8) is 0 Å². The van der Waals surface area contributed by atoms with Crippen molar-refractivity contribution in [2.24, 2.45) is 0 Å². The standard InChI is InChI=1S/C7H7FO2S.C7H8O2S/c8-11(9,10)6-7-4-2-1-3-5-7;8-10(9)6-7-4-2-1-3-5-7/h1-5H,6H2;1-5,10H,6H2. The molecule has 7 heteroatoms. The van der Waals surface area contributed by atoms with Gasteiger partial charge in [0, 0.05) is 0 Å². The van der Waals surface area contributed by atoms with Gasteiger partial charge in [-0.15, -0.1) is 3.89 Å². The molecule has 0 aliphatic rings. The fraction of sp³-hybridized carbons (Fsp3) is 0.143. The lowest BCUT2D eigenvalue weighted by molar-refractivity contribution is 0.551. The van der Waals surface area contributed by atoms with Gasteiger partial charge < -0.3 is 0 Å². The highest BCUT2D eigenvalue weighted by molar-refractivity contribution is 7.85. The van der Waals surface area contributed by atoms with E-state index in [9.17, 15) is 20.7 Å². The summed E-state index contributed by atoms with van der Waals surface area (Å²) in [5, 5.41) is 0. The summed E-state index contributed by atoms with van der Waals surface area (Å²) in [4.78, 5) is 0. The molecule has 2 aromatic carbocycles. The van der Waals surface area contributed by atoms with E-state index in [1.807, 2.05) is 18.2 Å². The summed E-state index contributed by atoms with van der Waals surface area (Å²) in [6, 6.07) is 17.3. The highest BCUT2D eigenvalue weighted by Crippen LogP contribution is 2.05. The van der Waals surface area contributed by atoms with E-state index in [-0.39, 0.29) is 5.75 Å². The summed E-state index contributed by atoms with van der Waals surface area (Å²) in [6.45, 7) is 0. The number of hydrogen-bond acceptors (Lipinski definition) is 4. The van der Waals surface area contributed by atoms with E-state index < -0.39 is 26.7 Å². The van der Waals surface area contributed by atoms with Crippen LogP contribution in [-0.2, 0) is 32.4 Å². The van der Waals surface area contributed by atoms with Crippen LogP contribution in [0.5, 0.6) is 0 Å².